The van der Waals surface area contributed by atoms with Gasteiger partial charge >= 0.3 is 0 Å². The molecule has 1 aromatic heterocycles. The maximum atomic E-state index is 3.58. The minimum absolute atomic E-state index is 0.163. The summed E-state index contributed by atoms with van der Waals surface area (Å²) in [6.45, 7) is 10.3. The summed E-state index contributed by atoms with van der Waals surface area (Å²) >= 11 is 0. The van der Waals surface area contributed by atoms with Gasteiger partial charge in [0.1, 0.15) is 0 Å². The van der Waals surface area contributed by atoms with Crippen LogP contribution in [0.25, 0.3) is 10.9 Å². The molecule has 1 aliphatic rings. The monoisotopic (exact) mass is 257 g/mol. The molecule has 19 heavy (non-hydrogen) atoms. The molecule has 1 aromatic carbocycles. The third kappa shape index (κ3) is 2.67. The number of hydrogen-bond acceptors (Lipinski definition) is 2. The van der Waals surface area contributed by atoms with E-state index in [1.807, 2.05) is 0 Å². The van der Waals surface area contributed by atoms with Gasteiger partial charge in [-0.2, -0.15) is 0 Å². The number of nitrogens with one attached hydrogen (secondary N) is 2. The first-order valence-electron chi connectivity index (χ1n) is 7.16. The largest absolute Gasteiger partial charge is 0.358 e. The van der Waals surface area contributed by atoms with Gasteiger partial charge in [-0.3, -0.25) is 4.90 Å². The second-order valence-corrected chi connectivity index (χ2v) is 6.18. The number of H-pyrrole nitrogens is 1. The predicted octanol–water partition coefficient (Wildman–Crippen LogP) is 2.35. The van der Waals surface area contributed by atoms with Gasteiger partial charge < -0.3 is 10.3 Å². The number of hydrogen-bond donors (Lipinski definition) is 2. The second-order valence-electron chi connectivity index (χ2n) is 6.18. The fourth-order valence-electron chi connectivity index (χ4n) is 2.95. The summed E-state index contributed by atoms with van der Waals surface area (Å²) in [4.78, 5) is 6.14. The first-order chi connectivity index (χ1) is 9.15. The van der Waals surface area contributed by atoms with Gasteiger partial charge in [-0.15, -0.1) is 0 Å². The van der Waals surface area contributed by atoms with Gasteiger partial charge in [0.05, 0.1) is 0 Å². The molecule has 1 saturated heterocycles. The molecule has 2 N–H and O–H groups in total. The van der Waals surface area contributed by atoms with E-state index in [1.165, 1.54) is 16.6 Å². The summed E-state index contributed by atoms with van der Waals surface area (Å²) in [5, 5.41) is 4.72. The van der Waals surface area contributed by atoms with Crippen LogP contribution in [0.3, 0.4) is 0 Å². The fraction of sp³-hybridized carbons (Fsp3) is 0.500. The molecule has 1 aliphatic heterocycles. The van der Waals surface area contributed by atoms with Crippen molar-refractivity contribution >= 4 is 10.9 Å². The maximum Gasteiger partial charge on any atom is 0.0456 e. The highest BCUT2D eigenvalue weighted by Gasteiger charge is 2.26. The lowest BCUT2D eigenvalue weighted by atomic mass is 9.88. The van der Waals surface area contributed by atoms with Crippen molar-refractivity contribution in [1.29, 1.82) is 0 Å². The van der Waals surface area contributed by atoms with Crippen molar-refractivity contribution in [1.82, 2.24) is 15.2 Å². The van der Waals surface area contributed by atoms with Crippen LogP contribution in [0.15, 0.2) is 30.3 Å². The molecule has 3 nitrogen and oxygen atoms in total. The van der Waals surface area contributed by atoms with E-state index >= 15 is 0 Å². The number of rotatable bonds is 3. The molecule has 3 heteroatoms. The van der Waals surface area contributed by atoms with E-state index in [0.717, 1.165) is 32.7 Å². The van der Waals surface area contributed by atoms with Crippen molar-refractivity contribution in [3.63, 3.8) is 0 Å². The lowest BCUT2D eigenvalue weighted by Gasteiger charge is -2.34. The Morgan fingerprint density at radius 1 is 1.16 bits per heavy atom. The van der Waals surface area contributed by atoms with Crippen molar-refractivity contribution in [3.8, 4) is 0 Å². The number of aromatic nitrogens is 1. The zero-order chi connectivity index (χ0) is 13.3. The van der Waals surface area contributed by atoms with E-state index in [9.17, 15) is 0 Å². The molecule has 3 rings (SSSR count). The van der Waals surface area contributed by atoms with E-state index in [2.05, 4.69) is 59.4 Å². The van der Waals surface area contributed by atoms with Crippen LogP contribution in [-0.2, 0) is 5.41 Å². The first-order valence-corrected chi connectivity index (χ1v) is 7.16. The van der Waals surface area contributed by atoms with Gasteiger partial charge in [-0.1, -0.05) is 32.0 Å². The molecule has 0 bridgehead atoms. The summed E-state index contributed by atoms with van der Waals surface area (Å²) in [6.07, 6.45) is 0. The Labute approximate surface area is 115 Å². The molecule has 0 spiro atoms. The highest BCUT2D eigenvalue weighted by molar-refractivity contribution is 5.80. The lowest BCUT2D eigenvalue weighted by Crippen LogP contribution is -2.48. The Morgan fingerprint density at radius 2 is 1.89 bits per heavy atom. The number of fused-ring (bicyclic) bond motifs is 1. The molecule has 0 aliphatic carbocycles. The molecule has 0 saturated carbocycles. The normalized spacial score (nSPS) is 18.0. The molecule has 2 heterocycles. The van der Waals surface area contributed by atoms with Crippen LogP contribution < -0.4 is 5.32 Å². The van der Waals surface area contributed by atoms with Crippen molar-refractivity contribution in [2.24, 2.45) is 0 Å². The number of para-hydroxylation sites is 1. The van der Waals surface area contributed by atoms with Crippen LogP contribution in [0, 0.1) is 0 Å². The molecule has 0 amide bonds. The molecule has 0 radical (unpaired) electrons. The third-order valence-electron chi connectivity index (χ3n) is 4.09. The minimum Gasteiger partial charge on any atom is -0.358 e. The van der Waals surface area contributed by atoms with Crippen molar-refractivity contribution in [2.45, 2.75) is 19.3 Å². The standard InChI is InChI=1S/C16H23N3/c1-16(2,12-19-9-7-17-8-10-19)15-11-13-5-3-4-6-14(13)18-15/h3-6,11,17-18H,7-10,12H2,1-2H3. The number of piperazine rings is 1. The molecular formula is C16H23N3. The van der Waals surface area contributed by atoms with E-state index in [0.29, 0.717) is 0 Å². The summed E-state index contributed by atoms with van der Waals surface area (Å²) in [5.41, 5.74) is 2.74. The molecule has 1 fully saturated rings. The molecule has 2 aromatic rings. The molecule has 102 valence electrons. The van der Waals surface area contributed by atoms with Crippen LogP contribution in [0.1, 0.15) is 19.5 Å². The smallest absolute Gasteiger partial charge is 0.0456 e. The van der Waals surface area contributed by atoms with Gasteiger partial charge in [-0.25, -0.2) is 0 Å². The van der Waals surface area contributed by atoms with Gasteiger partial charge in [0.25, 0.3) is 0 Å². The Morgan fingerprint density at radius 3 is 2.63 bits per heavy atom. The van der Waals surface area contributed by atoms with Gasteiger partial charge in [0.2, 0.25) is 0 Å². The van der Waals surface area contributed by atoms with E-state index in [1.54, 1.807) is 0 Å². The highest BCUT2D eigenvalue weighted by atomic mass is 15.2. The summed E-state index contributed by atoms with van der Waals surface area (Å²) in [7, 11) is 0. The Balaban J connectivity index is 1.81. The van der Waals surface area contributed by atoms with E-state index in [-0.39, 0.29) is 5.41 Å². The third-order valence-corrected chi connectivity index (χ3v) is 4.09. The van der Waals surface area contributed by atoms with E-state index in [4.69, 9.17) is 0 Å². The SMILES string of the molecule is CC(C)(CN1CCNCC1)c1cc2ccccc2[nH]1. The number of benzene rings is 1. The Hall–Kier alpha value is -1.32. The van der Waals surface area contributed by atoms with Crippen LogP contribution in [0.4, 0.5) is 0 Å². The summed E-state index contributed by atoms with van der Waals surface area (Å²) in [5.74, 6) is 0. The van der Waals surface area contributed by atoms with Gasteiger partial charge in [-0.05, 0) is 17.5 Å². The van der Waals surface area contributed by atoms with Crippen molar-refractivity contribution in [3.05, 3.63) is 36.0 Å². The maximum absolute atomic E-state index is 3.58. The Bertz CT molecular complexity index is 517. The number of nitrogens with zero attached hydrogens (tertiary/aromatic N) is 1. The summed E-state index contributed by atoms with van der Waals surface area (Å²) < 4.78 is 0. The fourth-order valence-corrected chi connectivity index (χ4v) is 2.95. The molecular weight excluding hydrogens is 234 g/mol. The van der Waals surface area contributed by atoms with E-state index < -0.39 is 0 Å². The average Bonchev–Trinajstić information content (AvgIpc) is 2.84. The van der Waals surface area contributed by atoms with Crippen LogP contribution in [-0.4, -0.2) is 42.6 Å². The Kier molecular flexibility index (Phi) is 3.33. The van der Waals surface area contributed by atoms with Crippen LogP contribution >= 0.6 is 0 Å². The minimum atomic E-state index is 0.163. The van der Waals surface area contributed by atoms with Gasteiger partial charge in [0, 0.05) is 49.3 Å². The number of aromatic amines is 1. The predicted molar refractivity (Wildman–Crippen MR) is 80.6 cm³/mol. The highest BCUT2D eigenvalue weighted by Crippen LogP contribution is 2.27. The zero-order valence-electron chi connectivity index (χ0n) is 11.9. The molecule has 0 unspecified atom stereocenters. The zero-order valence-corrected chi connectivity index (χ0v) is 11.9. The van der Waals surface area contributed by atoms with Crippen molar-refractivity contribution < 1.29 is 0 Å². The summed E-state index contributed by atoms with van der Waals surface area (Å²) in [6, 6.07) is 10.8. The van der Waals surface area contributed by atoms with Crippen LogP contribution in [0.2, 0.25) is 0 Å². The average molecular weight is 257 g/mol. The second kappa shape index (κ2) is 4.99. The van der Waals surface area contributed by atoms with Crippen LogP contribution in [0.5, 0.6) is 0 Å². The molecule has 0 atom stereocenters. The quantitative estimate of drug-likeness (QED) is 0.884. The first kappa shape index (κ1) is 12.7. The lowest BCUT2D eigenvalue weighted by molar-refractivity contribution is 0.198. The topological polar surface area (TPSA) is 31.1 Å². The van der Waals surface area contributed by atoms with Gasteiger partial charge in [0.15, 0.2) is 0 Å². The van der Waals surface area contributed by atoms with Crippen molar-refractivity contribution in [2.75, 3.05) is 32.7 Å².